The maximum absolute atomic E-state index is 13.9. The van der Waals surface area contributed by atoms with Crippen LogP contribution in [0.1, 0.15) is 20.8 Å². The van der Waals surface area contributed by atoms with Gasteiger partial charge in [0.25, 0.3) is 5.91 Å². The van der Waals surface area contributed by atoms with Crippen LogP contribution in [0.5, 0.6) is 0 Å². The molecule has 0 atom stereocenters. The molecule has 24 heavy (non-hydrogen) atoms. The van der Waals surface area contributed by atoms with E-state index in [4.69, 9.17) is 4.42 Å². The van der Waals surface area contributed by atoms with Crippen LogP contribution in [0.4, 0.5) is 8.78 Å². The minimum atomic E-state index is -0.853. The molecular weight excluding hydrogens is 332 g/mol. The molecular formula is C18H15F2NO2S. The van der Waals surface area contributed by atoms with Crippen molar-refractivity contribution < 1.29 is 18.0 Å². The second kappa shape index (κ2) is 7.40. The van der Waals surface area contributed by atoms with Crippen LogP contribution in [0.3, 0.4) is 0 Å². The summed E-state index contributed by atoms with van der Waals surface area (Å²) in [7, 11) is 0. The maximum atomic E-state index is 13.9. The molecule has 0 aliphatic heterocycles. The number of halogens is 2. The van der Waals surface area contributed by atoms with Gasteiger partial charge in [-0.15, -0.1) is 11.3 Å². The number of amides is 1. The number of hydrogen-bond donors (Lipinski definition) is 0. The molecule has 3 rings (SSSR count). The Kier molecular flexibility index (Phi) is 5.05. The molecule has 2 heterocycles. The molecule has 124 valence electrons. The normalized spacial score (nSPS) is 10.8. The Labute approximate surface area is 142 Å². The minimum Gasteiger partial charge on any atom is -0.472 e. The monoisotopic (exact) mass is 347 g/mol. The molecule has 3 nitrogen and oxygen atoms in total. The van der Waals surface area contributed by atoms with Gasteiger partial charge in [-0.05, 0) is 36.1 Å². The molecule has 0 unspecified atom stereocenters. The van der Waals surface area contributed by atoms with E-state index in [9.17, 15) is 13.6 Å². The lowest BCUT2D eigenvalue weighted by molar-refractivity contribution is 0.0735. The largest absolute Gasteiger partial charge is 0.472 e. The van der Waals surface area contributed by atoms with Gasteiger partial charge in [0.1, 0.15) is 17.2 Å². The van der Waals surface area contributed by atoms with Gasteiger partial charge in [-0.3, -0.25) is 4.79 Å². The quantitative estimate of drug-likeness (QED) is 0.658. The SMILES string of the molecule is O=C(c1c(F)cccc1F)N(CCc1cccs1)Cc1ccoc1. The minimum absolute atomic E-state index is 0.231. The summed E-state index contributed by atoms with van der Waals surface area (Å²) in [6.07, 6.45) is 3.64. The number of hydrogen-bond acceptors (Lipinski definition) is 3. The van der Waals surface area contributed by atoms with Gasteiger partial charge in [-0.1, -0.05) is 12.1 Å². The fourth-order valence-corrected chi connectivity index (χ4v) is 3.11. The van der Waals surface area contributed by atoms with Crippen molar-refractivity contribution in [2.45, 2.75) is 13.0 Å². The van der Waals surface area contributed by atoms with Crippen LogP contribution < -0.4 is 0 Å². The van der Waals surface area contributed by atoms with Gasteiger partial charge in [0.15, 0.2) is 0 Å². The molecule has 0 bridgehead atoms. The number of carbonyl (C=O) groups excluding carboxylic acids is 1. The van der Waals surface area contributed by atoms with Crippen LogP contribution in [-0.2, 0) is 13.0 Å². The maximum Gasteiger partial charge on any atom is 0.260 e. The summed E-state index contributed by atoms with van der Waals surface area (Å²) in [5.74, 6) is -2.37. The van der Waals surface area contributed by atoms with E-state index < -0.39 is 23.1 Å². The zero-order chi connectivity index (χ0) is 16.9. The molecule has 6 heteroatoms. The first-order chi connectivity index (χ1) is 11.6. The lowest BCUT2D eigenvalue weighted by Gasteiger charge is -2.22. The number of carbonyl (C=O) groups is 1. The molecule has 3 aromatic rings. The smallest absolute Gasteiger partial charge is 0.260 e. The first-order valence-corrected chi connectivity index (χ1v) is 8.30. The first kappa shape index (κ1) is 16.4. The van der Waals surface area contributed by atoms with E-state index in [0.717, 1.165) is 22.6 Å². The van der Waals surface area contributed by atoms with E-state index in [-0.39, 0.29) is 6.54 Å². The topological polar surface area (TPSA) is 33.5 Å². The van der Waals surface area contributed by atoms with E-state index in [1.165, 1.54) is 23.5 Å². The van der Waals surface area contributed by atoms with E-state index in [0.29, 0.717) is 13.0 Å². The molecule has 0 saturated heterocycles. The summed E-state index contributed by atoms with van der Waals surface area (Å²) in [6.45, 7) is 0.590. The molecule has 0 saturated carbocycles. The zero-order valence-electron chi connectivity index (χ0n) is 12.7. The molecule has 1 aromatic carbocycles. The fourth-order valence-electron chi connectivity index (χ4n) is 2.42. The van der Waals surface area contributed by atoms with Crippen molar-refractivity contribution in [1.29, 1.82) is 0 Å². The Morgan fingerprint density at radius 1 is 1.12 bits per heavy atom. The second-order valence-corrected chi connectivity index (χ2v) is 6.32. The Hall–Kier alpha value is -2.47. The van der Waals surface area contributed by atoms with E-state index in [2.05, 4.69) is 0 Å². The van der Waals surface area contributed by atoms with Crippen molar-refractivity contribution in [3.8, 4) is 0 Å². The highest BCUT2D eigenvalue weighted by Crippen LogP contribution is 2.18. The summed E-state index contributed by atoms with van der Waals surface area (Å²) in [5, 5.41) is 1.95. The summed E-state index contributed by atoms with van der Waals surface area (Å²) < 4.78 is 32.9. The molecule has 1 amide bonds. The van der Waals surface area contributed by atoms with E-state index >= 15 is 0 Å². The Morgan fingerprint density at radius 3 is 2.54 bits per heavy atom. The summed E-state index contributed by atoms with van der Waals surface area (Å²) in [6, 6.07) is 9.04. The Balaban J connectivity index is 1.83. The number of rotatable bonds is 6. The van der Waals surface area contributed by atoms with Crippen LogP contribution in [0.15, 0.2) is 58.7 Å². The molecule has 0 N–H and O–H groups in total. The summed E-state index contributed by atoms with van der Waals surface area (Å²) >= 11 is 1.58. The summed E-state index contributed by atoms with van der Waals surface area (Å²) in [5.41, 5.74) is 0.249. The van der Waals surface area contributed by atoms with Crippen molar-refractivity contribution >= 4 is 17.2 Å². The van der Waals surface area contributed by atoms with Gasteiger partial charge in [0, 0.05) is 23.5 Å². The number of furan rings is 1. The zero-order valence-corrected chi connectivity index (χ0v) is 13.6. The average molecular weight is 347 g/mol. The average Bonchev–Trinajstić information content (AvgIpc) is 3.24. The lowest BCUT2D eigenvalue weighted by Crippen LogP contribution is -2.33. The molecule has 0 spiro atoms. The predicted octanol–water partition coefficient (Wildman–Crippen LogP) is 4.50. The third-order valence-corrected chi connectivity index (χ3v) is 4.56. The van der Waals surface area contributed by atoms with Crippen LogP contribution in [0.2, 0.25) is 0 Å². The molecule has 2 aromatic heterocycles. The predicted molar refractivity (Wildman–Crippen MR) is 87.8 cm³/mol. The number of benzene rings is 1. The fraction of sp³-hybridized carbons (Fsp3) is 0.167. The molecule has 0 radical (unpaired) electrons. The third-order valence-electron chi connectivity index (χ3n) is 3.63. The van der Waals surface area contributed by atoms with Crippen molar-refractivity contribution in [2.75, 3.05) is 6.54 Å². The molecule has 0 aliphatic carbocycles. The van der Waals surface area contributed by atoms with Crippen molar-refractivity contribution in [3.05, 3.63) is 81.9 Å². The van der Waals surface area contributed by atoms with Crippen LogP contribution in [0, 0.1) is 11.6 Å². The first-order valence-electron chi connectivity index (χ1n) is 7.42. The third kappa shape index (κ3) is 3.71. The van der Waals surface area contributed by atoms with Gasteiger partial charge in [0.05, 0.1) is 12.5 Å². The second-order valence-electron chi connectivity index (χ2n) is 5.28. The van der Waals surface area contributed by atoms with Gasteiger partial charge in [-0.2, -0.15) is 0 Å². The van der Waals surface area contributed by atoms with Crippen molar-refractivity contribution in [1.82, 2.24) is 4.90 Å². The van der Waals surface area contributed by atoms with E-state index in [1.807, 2.05) is 17.5 Å². The highest BCUT2D eigenvalue weighted by Gasteiger charge is 2.23. The van der Waals surface area contributed by atoms with Crippen LogP contribution in [-0.4, -0.2) is 17.4 Å². The Bertz CT molecular complexity index is 780. The van der Waals surface area contributed by atoms with E-state index in [1.54, 1.807) is 17.4 Å². The highest BCUT2D eigenvalue weighted by atomic mass is 32.1. The van der Waals surface area contributed by atoms with Gasteiger partial charge < -0.3 is 9.32 Å². The Morgan fingerprint density at radius 2 is 1.92 bits per heavy atom. The van der Waals surface area contributed by atoms with Crippen molar-refractivity contribution in [2.24, 2.45) is 0 Å². The van der Waals surface area contributed by atoms with Gasteiger partial charge in [0.2, 0.25) is 0 Å². The number of nitrogens with zero attached hydrogens (tertiary/aromatic N) is 1. The van der Waals surface area contributed by atoms with Crippen molar-refractivity contribution in [3.63, 3.8) is 0 Å². The van der Waals surface area contributed by atoms with Gasteiger partial charge >= 0.3 is 0 Å². The highest BCUT2D eigenvalue weighted by molar-refractivity contribution is 7.09. The lowest BCUT2D eigenvalue weighted by atomic mass is 10.1. The number of thiophene rings is 1. The van der Waals surface area contributed by atoms with Crippen LogP contribution in [0.25, 0.3) is 0 Å². The molecule has 0 fully saturated rings. The standard InChI is InChI=1S/C18H15F2NO2S/c19-15-4-1-5-16(20)17(15)18(22)21(11-13-7-9-23-12-13)8-6-14-3-2-10-24-14/h1-5,7,9-10,12H,6,8,11H2. The van der Waals surface area contributed by atoms with Gasteiger partial charge in [-0.25, -0.2) is 8.78 Å². The molecule has 0 aliphatic rings. The van der Waals surface area contributed by atoms with Crippen LogP contribution >= 0.6 is 11.3 Å². The summed E-state index contributed by atoms with van der Waals surface area (Å²) in [4.78, 5) is 15.2.